The van der Waals surface area contributed by atoms with Gasteiger partial charge in [0.15, 0.2) is 0 Å². The van der Waals surface area contributed by atoms with Crippen LogP contribution in [0.5, 0.6) is 0 Å². The fourth-order valence-electron chi connectivity index (χ4n) is 0.633. The molecule has 0 aromatic rings. The lowest BCUT2D eigenvalue weighted by atomic mass is 10.1. The Bertz CT molecular complexity index is 88.9. The lowest BCUT2D eigenvalue weighted by molar-refractivity contribution is -0.144. The monoisotopic (exact) mass is 129 g/mol. The molecule has 0 spiro atoms. The van der Waals surface area contributed by atoms with Gasteiger partial charge in [0.05, 0.1) is 13.0 Å². The van der Waals surface area contributed by atoms with Gasteiger partial charge in [-0.2, -0.15) is 0 Å². The topological polar surface area (TPSA) is 26.3 Å². The van der Waals surface area contributed by atoms with Crippen molar-refractivity contribution in [2.45, 2.75) is 19.8 Å². The van der Waals surface area contributed by atoms with Crippen LogP contribution in [0.2, 0.25) is 0 Å². The van der Waals surface area contributed by atoms with E-state index in [9.17, 15) is 4.79 Å². The highest BCUT2D eigenvalue weighted by atomic mass is 16.5. The Morgan fingerprint density at radius 2 is 2.33 bits per heavy atom. The molecule has 53 valence electrons. The van der Waals surface area contributed by atoms with E-state index >= 15 is 0 Å². The molecule has 2 nitrogen and oxygen atoms in total. The van der Waals surface area contributed by atoms with Crippen molar-refractivity contribution in [3.63, 3.8) is 0 Å². The Labute approximate surface area is 56.2 Å². The number of hydrogen-bond donors (Lipinski definition) is 0. The summed E-state index contributed by atoms with van der Waals surface area (Å²) in [4.78, 5) is 10.6. The van der Waals surface area contributed by atoms with Gasteiger partial charge >= 0.3 is 5.97 Å². The van der Waals surface area contributed by atoms with Crippen molar-refractivity contribution >= 4 is 5.97 Å². The first kappa shape index (κ1) is 8.47. The summed E-state index contributed by atoms with van der Waals surface area (Å²) in [5.41, 5.74) is 0. The summed E-state index contributed by atoms with van der Waals surface area (Å²) in [5, 5.41) is 0. The standard InChI is InChI=1S/C7H13O2/c1-4-5-6(2)7(8)9-3/h6H,2,4-5H2,1,3H3. The van der Waals surface area contributed by atoms with E-state index in [1.807, 2.05) is 6.92 Å². The van der Waals surface area contributed by atoms with Gasteiger partial charge in [-0.3, -0.25) is 4.79 Å². The van der Waals surface area contributed by atoms with Crippen molar-refractivity contribution in [1.29, 1.82) is 0 Å². The average Bonchev–Trinajstić information content (AvgIpc) is 1.87. The molecule has 0 amide bonds. The van der Waals surface area contributed by atoms with Crippen LogP contribution >= 0.6 is 0 Å². The van der Waals surface area contributed by atoms with Crippen LogP contribution in [0.3, 0.4) is 0 Å². The van der Waals surface area contributed by atoms with Gasteiger partial charge in [-0.05, 0) is 13.3 Å². The fourth-order valence-corrected chi connectivity index (χ4v) is 0.633. The van der Waals surface area contributed by atoms with Crippen molar-refractivity contribution in [2.24, 2.45) is 5.92 Å². The molecule has 1 unspecified atom stereocenters. The Morgan fingerprint density at radius 1 is 1.78 bits per heavy atom. The van der Waals surface area contributed by atoms with Crippen LogP contribution in [0.1, 0.15) is 19.8 Å². The van der Waals surface area contributed by atoms with Gasteiger partial charge in [-0.15, -0.1) is 0 Å². The molecule has 0 saturated carbocycles. The lowest BCUT2D eigenvalue weighted by Gasteiger charge is -2.04. The largest absolute Gasteiger partial charge is 0.469 e. The molecule has 2 heteroatoms. The smallest absolute Gasteiger partial charge is 0.308 e. The average molecular weight is 129 g/mol. The normalized spacial score (nSPS) is 12.8. The first-order chi connectivity index (χ1) is 4.22. The molecule has 0 saturated heterocycles. The Balaban J connectivity index is 3.45. The summed E-state index contributed by atoms with van der Waals surface area (Å²) in [6.45, 7) is 5.64. The molecule has 0 aliphatic carbocycles. The molecule has 0 rings (SSSR count). The summed E-state index contributed by atoms with van der Waals surface area (Å²) in [5.74, 6) is -0.392. The maximum Gasteiger partial charge on any atom is 0.308 e. The third-order valence-electron chi connectivity index (χ3n) is 1.17. The highest BCUT2D eigenvalue weighted by Gasteiger charge is 2.10. The SMILES string of the molecule is [CH2]C(CCC)C(=O)OC. The van der Waals surface area contributed by atoms with Crippen LogP contribution in [0.4, 0.5) is 0 Å². The first-order valence-electron chi connectivity index (χ1n) is 3.13. The molecule has 1 radical (unpaired) electrons. The van der Waals surface area contributed by atoms with E-state index in [1.54, 1.807) is 0 Å². The number of carbonyl (C=O) groups is 1. The van der Waals surface area contributed by atoms with Crippen LogP contribution in [0.25, 0.3) is 0 Å². The Hall–Kier alpha value is -0.530. The molecule has 0 aliphatic heterocycles. The van der Waals surface area contributed by atoms with Gasteiger partial charge in [0.25, 0.3) is 0 Å². The molecular formula is C7H13O2. The Morgan fingerprint density at radius 3 is 2.67 bits per heavy atom. The maximum atomic E-state index is 10.6. The van der Waals surface area contributed by atoms with E-state index in [2.05, 4.69) is 11.7 Å². The van der Waals surface area contributed by atoms with Crippen LogP contribution in [0.15, 0.2) is 0 Å². The highest BCUT2D eigenvalue weighted by molar-refractivity contribution is 5.72. The zero-order chi connectivity index (χ0) is 7.28. The summed E-state index contributed by atoms with van der Waals surface area (Å²) >= 11 is 0. The van der Waals surface area contributed by atoms with E-state index in [0.717, 1.165) is 12.8 Å². The van der Waals surface area contributed by atoms with Gasteiger partial charge < -0.3 is 4.74 Å². The van der Waals surface area contributed by atoms with Gasteiger partial charge in [-0.1, -0.05) is 13.3 Å². The lowest BCUT2D eigenvalue weighted by Crippen LogP contribution is -2.12. The predicted molar refractivity (Wildman–Crippen MR) is 35.8 cm³/mol. The quantitative estimate of drug-likeness (QED) is 0.538. The molecule has 0 fully saturated rings. The second-order valence-electron chi connectivity index (χ2n) is 2.01. The van der Waals surface area contributed by atoms with Crippen molar-refractivity contribution in [2.75, 3.05) is 7.11 Å². The van der Waals surface area contributed by atoms with Crippen molar-refractivity contribution < 1.29 is 9.53 Å². The van der Waals surface area contributed by atoms with E-state index in [1.165, 1.54) is 7.11 Å². The van der Waals surface area contributed by atoms with Crippen LogP contribution in [-0.2, 0) is 9.53 Å². The molecule has 0 heterocycles. The zero-order valence-electron chi connectivity index (χ0n) is 6.02. The minimum atomic E-state index is -0.211. The van der Waals surface area contributed by atoms with Gasteiger partial charge in [0.1, 0.15) is 0 Å². The van der Waals surface area contributed by atoms with Crippen molar-refractivity contribution in [3.05, 3.63) is 6.92 Å². The molecule has 0 N–H and O–H groups in total. The highest BCUT2D eigenvalue weighted by Crippen LogP contribution is 2.04. The molecule has 0 bridgehead atoms. The number of ether oxygens (including phenoxy) is 1. The zero-order valence-corrected chi connectivity index (χ0v) is 6.02. The molecule has 9 heavy (non-hydrogen) atoms. The summed E-state index contributed by atoms with van der Waals surface area (Å²) in [6, 6.07) is 0. The molecule has 0 aliphatic rings. The fraction of sp³-hybridized carbons (Fsp3) is 0.714. The number of methoxy groups -OCH3 is 1. The van der Waals surface area contributed by atoms with Crippen LogP contribution in [-0.4, -0.2) is 13.1 Å². The third kappa shape index (κ3) is 3.12. The first-order valence-corrected chi connectivity index (χ1v) is 3.13. The summed E-state index contributed by atoms with van der Waals surface area (Å²) in [7, 11) is 1.39. The predicted octanol–water partition coefficient (Wildman–Crippen LogP) is 1.41. The molecule has 1 atom stereocenters. The summed E-state index contributed by atoms with van der Waals surface area (Å²) < 4.78 is 4.46. The van der Waals surface area contributed by atoms with Gasteiger partial charge in [0.2, 0.25) is 0 Å². The van der Waals surface area contributed by atoms with E-state index < -0.39 is 0 Å². The molecule has 0 aromatic carbocycles. The van der Waals surface area contributed by atoms with Gasteiger partial charge in [0, 0.05) is 0 Å². The second kappa shape index (κ2) is 4.36. The minimum Gasteiger partial charge on any atom is -0.469 e. The van der Waals surface area contributed by atoms with E-state index in [4.69, 9.17) is 0 Å². The van der Waals surface area contributed by atoms with Crippen LogP contribution < -0.4 is 0 Å². The number of rotatable bonds is 3. The third-order valence-corrected chi connectivity index (χ3v) is 1.17. The number of carbonyl (C=O) groups excluding carboxylic acids is 1. The second-order valence-corrected chi connectivity index (χ2v) is 2.01. The summed E-state index contributed by atoms with van der Waals surface area (Å²) in [6.07, 6.45) is 1.79. The Kier molecular flexibility index (Phi) is 4.10. The van der Waals surface area contributed by atoms with E-state index in [0.29, 0.717) is 0 Å². The molecular weight excluding hydrogens is 116 g/mol. The number of esters is 1. The van der Waals surface area contributed by atoms with Gasteiger partial charge in [-0.25, -0.2) is 0 Å². The van der Waals surface area contributed by atoms with E-state index in [-0.39, 0.29) is 11.9 Å². The van der Waals surface area contributed by atoms with Crippen molar-refractivity contribution in [1.82, 2.24) is 0 Å². The number of hydrogen-bond acceptors (Lipinski definition) is 2. The minimum absolute atomic E-state index is 0.181. The molecule has 0 aromatic heterocycles. The van der Waals surface area contributed by atoms with Crippen molar-refractivity contribution in [3.8, 4) is 0 Å². The maximum absolute atomic E-state index is 10.6. The van der Waals surface area contributed by atoms with Crippen LogP contribution in [0, 0.1) is 12.8 Å².